The summed E-state index contributed by atoms with van der Waals surface area (Å²) in [5, 5.41) is 1.53. The van der Waals surface area contributed by atoms with Gasteiger partial charge in [-0.1, -0.05) is 54.6 Å². The molecular weight excluding hydrogens is 519 g/mol. The number of benzene rings is 3. The van der Waals surface area contributed by atoms with Gasteiger partial charge >= 0.3 is 0 Å². The molecule has 1 aromatic heterocycles. The average molecular weight is 549 g/mol. The molecule has 202 valence electrons. The number of amides is 1. The average Bonchev–Trinajstić information content (AvgIpc) is 3.26. The van der Waals surface area contributed by atoms with Gasteiger partial charge in [-0.25, -0.2) is 12.8 Å². The van der Waals surface area contributed by atoms with Crippen LogP contribution in [0.5, 0.6) is 0 Å². The molecule has 1 aliphatic rings. The maximum absolute atomic E-state index is 14.4. The van der Waals surface area contributed by atoms with Crippen LogP contribution in [0, 0.1) is 12.7 Å². The molecule has 0 radical (unpaired) electrons. The highest BCUT2D eigenvalue weighted by molar-refractivity contribution is 7.89. The molecule has 1 amide bonds. The van der Waals surface area contributed by atoms with Gasteiger partial charge in [-0.05, 0) is 30.5 Å². The molecule has 3 aromatic carbocycles. The van der Waals surface area contributed by atoms with E-state index in [9.17, 15) is 22.4 Å². The number of carbonyl (C=O) groups excluding carboxylic acids is 2. The standard InChI is InChI=1S/C29H29FN4O4S/c1-20-24(29(31)36)17-26(34(20)18-22-8-3-5-11-25(22)30)27(35)19-32-13-15-33(16-14-32)39(37,38)28-12-6-9-21-7-2-4-10-23(21)28/h2-12,17H,13-16,18-19H2,1H3,(H2,31,36). The Hall–Kier alpha value is -3.86. The number of piperazine rings is 1. The molecule has 0 spiro atoms. The van der Waals surface area contributed by atoms with Gasteiger partial charge in [0, 0.05) is 42.8 Å². The molecule has 0 saturated carbocycles. The minimum atomic E-state index is -3.72. The zero-order valence-corrected chi connectivity index (χ0v) is 22.3. The van der Waals surface area contributed by atoms with Crippen LogP contribution in [0.3, 0.4) is 0 Å². The molecule has 0 unspecified atom stereocenters. The number of hydrogen-bond acceptors (Lipinski definition) is 5. The van der Waals surface area contributed by atoms with Gasteiger partial charge in [-0.15, -0.1) is 0 Å². The van der Waals surface area contributed by atoms with Crippen molar-refractivity contribution >= 4 is 32.5 Å². The predicted molar refractivity (Wildman–Crippen MR) is 147 cm³/mol. The number of rotatable bonds is 8. The maximum Gasteiger partial charge on any atom is 0.250 e. The highest BCUT2D eigenvalue weighted by Crippen LogP contribution is 2.27. The monoisotopic (exact) mass is 548 g/mol. The second-order valence-electron chi connectivity index (χ2n) is 9.65. The topological polar surface area (TPSA) is 106 Å². The Morgan fingerprint density at radius 2 is 1.59 bits per heavy atom. The lowest BCUT2D eigenvalue weighted by Gasteiger charge is -2.33. The number of fused-ring (bicyclic) bond motifs is 1. The van der Waals surface area contributed by atoms with Gasteiger partial charge in [0.25, 0.3) is 5.91 Å². The summed E-state index contributed by atoms with van der Waals surface area (Å²) in [6.45, 7) is 2.98. The Labute approximate surface area is 226 Å². The van der Waals surface area contributed by atoms with Gasteiger partial charge in [0.05, 0.1) is 29.2 Å². The van der Waals surface area contributed by atoms with Crippen LogP contribution < -0.4 is 5.73 Å². The van der Waals surface area contributed by atoms with Gasteiger partial charge in [-0.3, -0.25) is 14.5 Å². The second kappa shape index (κ2) is 10.7. The van der Waals surface area contributed by atoms with E-state index in [0.29, 0.717) is 29.7 Å². The zero-order valence-electron chi connectivity index (χ0n) is 21.5. The summed E-state index contributed by atoms with van der Waals surface area (Å²) in [4.78, 5) is 27.6. The van der Waals surface area contributed by atoms with E-state index in [2.05, 4.69) is 0 Å². The van der Waals surface area contributed by atoms with Crippen LogP contribution in [0.1, 0.15) is 32.1 Å². The minimum absolute atomic E-state index is 0.0289. The third kappa shape index (κ3) is 5.23. The highest BCUT2D eigenvalue weighted by atomic mass is 32.2. The molecule has 0 bridgehead atoms. The van der Waals surface area contributed by atoms with Crippen molar-refractivity contribution in [2.75, 3.05) is 32.7 Å². The largest absolute Gasteiger partial charge is 0.366 e. The fourth-order valence-electron chi connectivity index (χ4n) is 5.10. The first-order valence-electron chi connectivity index (χ1n) is 12.6. The van der Waals surface area contributed by atoms with E-state index >= 15 is 0 Å². The van der Waals surface area contributed by atoms with Crippen LogP contribution in [0.25, 0.3) is 10.8 Å². The quantitative estimate of drug-likeness (QED) is 0.340. The number of nitrogens with two attached hydrogens (primary N) is 1. The third-order valence-electron chi connectivity index (χ3n) is 7.27. The fraction of sp³-hybridized carbons (Fsp3) is 0.241. The first kappa shape index (κ1) is 26.7. The number of primary amides is 1. The van der Waals surface area contributed by atoms with Crippen LogP contribution in [-0.4, -0.2) is 66.6 Å². The molecule has 8 nitrogen and oxygen atoms in total. The van der Waals surface area contributed by atoms with E-state index < -0.39 is 21.7 Å². The SMILES string of the molecule is Cc1c(C(N)=O)cc(C(=O)CN2CCN(S(=O)(=O)c3cccc4ccccc34)CC2)n1Cc1ccccc1F. The summed E-state index contributed by atoms with van der Waals surface area (Å²) < 4.78 is 44.4. The van der Waals surface area contributed by atoms with Gasteiger partial charge < -0.3 is 10.3 Å². The van der Waals surface area contributed by atoms with Crippen molar-refractivity contribution in [3.63, 3.8) is 0 Å². The highest BCUT2D eigenvalue weighted by Gasteiger charge is 2.31. The van der Waals surface area contributed by atoms with Crippen LogP contribution >= 0.6 is 0 Å². The van der Waals surface area contributed by atoms with Crippen molar-refractivity contribution in [1.82, 2.24) is 13.8 Å². The molecule has 0 atom stereocenters. The lowest BCUT2D eigenvalue weighted by molar-refractivity contribution is 0.0892. The molecule has 4 aromatic rings. The van der Waals surface area contributed by atoms with Gasteiger partial charge in [0.2, 0.25) is 10.0 Å². The van der Waals surface area contributed by atoms with E-state index in [0.717, 1.165) is 5.39 Å². The molecule has 0 aliphatic carbocycles. The van der Waals surface area contributed by atoms with E-state index in [1.807, 2.05) is 29.2 Å². The summed E-state index contributed by atoms with van der Waals surface area (Å²) in [7, 11) is -3.72. The van der Waals surface area contributed by atoms with Crippen LogP contribution in [0.4, 0.5) is 4.39 Å². The molecule has 1 aliphatic heterocycles. The number of halogens is 1. The number of sulfonamides is 1. The molecule has 1 fully saturated rings. The summed E-state index contributed by atoms with van der Waals surface area (Å²) in [6.07, 6.45) is 0. The van der Waals surface area contributed by atoms with Crippen LogP contribution in [0.2, 0.25) is 0 Å². The van der Waals surface area contributed by atoms with Crippen LogP contribution in [0.15, 0.2) is 77.7 Å². The normalized spacial score (nSPS) is 15.0. The van der Waals surface area contributed by atoms with E-state index in [4.69, 9.17) is 5.73 Å². The Kier molecular flexibility index (Phi) is 7.35. The summed E-state index contributed by atoms with van der Waals surface area (Å²) in [5.41, 5.74) is 6.87. The fourth-order valence-corrected chi connectivity index (χ4v) is 6.73. The summed E-state index contributed by atoms with van der Waals surface area (Å²) in [5.74, 6) is -1.33. The number of hydrogen-bond donors (Lipinski definition) is 1. The zero-order chi connectivity index (χ0) is 27.7. The third-order valence-corrected chi connectivity index (χ3v) is 9.23. The molecule has 10 heteroatoms. The summed E-state index contributed by atoms with van der Waals surface area (Å²) >= 11 is 0. The van der Waals surface area contributed by atoms with Crippen molar-refractivity contribution in [3.05, 3.63) is 101 Å². The minimum Gasteiger partial charge on any atom is -0.366 e. The van der Waals surface area contributed by atoms with Gasteiger partial charge in [-0.2, -0.15) is 4.31 Å². The summed E-state index contributed by atoms with van der Waals surface area (Å²) in [6, 6.07) is 20.3. The first-order chi connectivity index (χ1) is 18.7. The molecule has 1 saturated heterocycles. The number of aromatic nitrogens is 1. The van der Waals surface area contributed by atoms with Crippen molar-refractivity contribution < 1.29 is 22.4 Å². The smallest absolute Gasteiger partial charge is 0.250 e. The van der Waals surface area contributed by atoms with Crippen molar-refractivity contribution in [2.45, 2.75) is 18.4 Å². The Bertz CT molecular complexity index is 1670. The van der Waals surface area contributed by atoms with E-state index in [1.54, 1.807) is 47.9 Å². The Morgan fingerprint density at radius 3 is 2.31 bits per heavy atom. The molecule has 39 heavy (non-hydrogen) atoms. The van der Waals surface area contributed by atoms with Gasteiger partial charge in [0.1, 0.15) is 5.82 Å². The number of ketones is 1. The Balaban J connectivity index is 1.32. The molecule has 2 heterocycles. The van der Waals surface area contributed by atoms with Crippen molar-refractivity contribution in [2.24, 2.45) is 5.73 Å². The number of carbonyl (C=O) groups is 2. The van der Waals surface area contributed by atoms with Crippen LogP contribution in [-0.2, 0) is 16.6 Å². The Morgan fingerprint density at radius 1 is 0.923 bits per heavy atom. The molecular formula is C29H29FN4O4S. The lowest BCUT2D eigenvalue weighted by atomic mass is 10.1. The molecule has 5 rings (SSSR count). The van der Waals surface area contributed by atoms with Crippen molar-refractivity contribution in [1.29, 1.82) is 0 Å². The maximum atomic E-state index is 14.4. The lowest BCUT2D eigenvalue weighted by Crippen LogP contribution is -2.49. The first-order valence-corrected chi connectivity index (χ1v) is 14.1. The second-order valence-corrected chi connectivity index (χ2v) is 11.6. The van der Waals surface area contributed by atoms with Gasteiger partial charge in [0.15, 0.2) is 5.78 Å². The predicted octanol–water partition coefficient (Wildman–Crippen LogP) is 3.43. The van der Waals surface area contributed by atoms with E-state index in [1.165, 1.54) is 16.4 Å². The number of nitrogens with zero attached hydrogens (tertiary/aromatic N) is 3. The number of Topliss-reactive ketones (excluding diaryl/α,β-unsaturated/α-hetero) is 1. The van der Waals surface area contributed by atoms with Crippen molar-refractivity contribution in [3.8, 4) is 0 Å². The molecule has 2 N–H and O–H groups in total. The van der Waals surface area contributed by atoms with E-state index in [-0.39, 0.29) is 48.1 Å².